The number of allylic oxidation sites excluding steroid dienone is 4. The minimum Gasteiger partial charge on any atom is -0.378 e. The standard InChI is InChI=1S/C29H35NO3/c1-5-15-29(32)28(2)18-25(19-6-9-21(10-7-19)30(3)4)27-23-13-11-22(31)17-20(23)8-12-24(27)26(28)14-16-33-29/h6-10,24-26,32H,11-14,16-18H2,1-4H3/t24-,25-,26-,28-,29+/m0/s1. The summed E-state index contributed by atoms with van der Waals surface area (Å²) in [7, 11) is 4.12. The summed E-state index contributed by atoms with van der Waals surface area (Å²) in [5, 5.41) is 11.7. The number of anilines is 1. The molecule has 0 unspecified atom stereocenters. The monoisotopic (exact) mass is 445 g/mol. The molecule has 0 bridgehead atoms. The van der Waals surface area contributed by atoms with Crippen molar-refractivity contribution in [3.05, 3.63) is 52.6 Å². The molecule has 4 aliphatic rings. The summed E-state index contributed by atoms with van der Waals surface area (Å²) in [5.41, 5.74) is 6.19. The highest BCUT2D eigenvalue weighted by Gasteiger charge is 2.61. The highest BCUT2D eigenvalue weighted by Crippen LogP contribution is 2.63. The molecule has 5 rings (SSSR count). The lowest BCUT2D eigenvalue weighted by atomic mass is 9.49. The first kappa shape index (κ1) is 22.4. The van der Waals surface area contributed by atoms with E-state index in [1.165, 1.54) is 28.0 Å². The summed E-state index contributed by atoms with van der Waals surface area (Å²) in [5.74, 6) is 5.75. The van der Waals surface area contributed by atoms with Gasteiger partial charge in [0, 0.05) is 44.0 Å². The number of ketones is 1. The van der Waals surface area contributed by atoms with Crippen molar-refractivity contribution in [1.82, 2.24) is 0 Å². The summed E-state index contributed by atoms with van der Waals surface area (Å²) in [4.78, 5) is 14.4. The third-order valence-corrected chi connectivity index (χ3v) is 8.72. The number of hydrogen-bond donors (Lipinski definition) is 1. The normalized spacial score (nSPS) is 35.5. The van der Waals surface area contributed by atoms with Gasteiger partial charge in [0.2, 0.25) is 5.79 Å². The molecule has 1 aromatic carbocycles. The third kappa shape index (κ3) is 3.49. The van der Waals surface area contributed by atoms with E-state index in [9.17, 15) is 9.90 Å². The van der Waals surface area contributed by atoms with Crippen molar-refractivity contribution in [1.29, 1.82) is 0 Å². The van der Waals surface area contributed by atoms with Crippen LogP contribution >= 0.6 is 0 Å². The minimum atomic E-state index is -1.44. The van der Waals surface area contributed by atoms with Gasteiger partial charge in [-0.1, -0.05) is 30.7 Å². The second-order valence-corrected chi connectivity index (χ2v) is 10.6. The lowest BCUT2D eigenvalue weighted by Gasteiger charge is -2.59. The van der Waals surface area contributed by atoms with Crippen LogP contribution in [-0.4, -0.2) is 37.4 Å². The molecule has 4 nitrogen and oxygen atoms in total. The Bertz CT molecular complexity index is 1090. The van der Waals surface area contributed by atoms with Gasteiger partial charge in [0.05, 0.1) is 6.61 Å². The van der Waals surface area contributed by atoms with Crippen LogP contribution in [0.1, 0.15) is 63.9 Å². The fourth-order valence-electron chi connectivity index (χ4n) is 7.02. The average molecular weight is 446 g/mol. The summed E-state index contributed by atoms with van der Waals surface area (Å²) < 4.78 is 6.01. The summed E-state index contributed by atoms with van der Waals surface area (Å²) >= 11 is 0. The molecule has 1 saturated heterocycles. The van der Waals surface area contributed by atoms with Crippen LogP contribution in [0, 0.1) is 29.1 Å². The van der Waals surface area contributed by atoms with Crippen LogP contribution < -0.4 is 4.90 Å². The van der Waals surface area contributed by atoms with E-state index in [4.69, 9.17) is 4.74 Å². The van der Waals surface area contributed by atoms with E-state index in [2.05, 4.69) is 68.1 Å². The highest BCUT2D eigenvalue weighted by molar-refractivity contribution is 5.84. The predicted octanol–water partition coefficient (Wildman–Crippen LogP) is 4.99. The molecule has 1 heterocycles. The fourth-order valence-corrected chi connectivity index (χ4v) is 7.02. The largest absolute Gasteiger partial charge is 0.378 e. The molecule has 2 saturated carbocycles. The fraction of sp³-hybridized carbons (Fsp3) is 0.552. The minimum absolute atomic E-state index is 0.186. The van der Waals surface area contributed by atoms with Gasteiger partial charge in [-0.2, -0.15) is 0 Å². The maximum absolute atomic E-state index is 12.2. The Morgan fingerprint density at radius 3 is 2.64 bits per heavy atom. The van der Waals surface area contributed by atoms with Crippen molar-refractivity contribution >= 4 is 11.5 Å². The van der Waals surface area contributed by atoms with Crippen LogP contribution in [0.3, 0.4) is 0 Å². The van der Waals surface area contributed by atoms with Crippen LogP contribution in [0.4, 0.5) is 5.69 Å². The molecule has 3 fully saturated rings. The molecule has 1 aromatic rings. The molecule has 4 heteroatoms. The molecular formula is C29H35NO3. The van der Waals surface area contributed by atoms with E-state index in [1.54, 1.807) is 6.92 Å². The summed E-state index contributed by atoms with van der Waals surface area (Å²) in [6.45, 7) is 4.49. The Labute approximate surface area is 197 Å². The number of carbonyl (C=O) groups excluding carboxylic acids is 1. The first-order chi connectivity index (χ1) is 15.8. The molecule has 174 valence electrons. The molecular weight excluding hydrogens is 410 g/mol. The Kier molecular flexibility index (Phi) is 5.54. The second kappa shape index (κ2) is 8.15. The van der Waals surface area contributed by atoms with E-state index in [0.717, 1.165) is 25.7 Å². The van der Waals surface area contributed by atoms with Gasteiger partial charge in [-0.05, 0) is 79.2 Å². The average Bonchev–Trinajstić information content (AvgIpc) is 2.79. The number of carbonyl (C=O) groups is 1. The van der Waals surface area contributed by atoms with Gasteiger partial charge in [0.1, 0.15) is 5.78 Å². The van der Waals surface area contributed by atoms with Crippen LogP contribution in [0.5, 0.6) is 0 Å². The van der Waals surface area contributed by atoms with E-state index in [0.29, 0.717) is 37.1 Å². The number of Topliss-reactive ketones (excluding diaryl/α,β-unsaturated/α-hetero) is 1. The zero-order valence-corrected chi connectivity index (χ0v) is 20.3. The van der Waals surface area contributed by atoms with Crippen molar-refractivity contribution < 1.29 is 14.6 Å². The van der Waals surface area contributed by atoms with Crippen molar-refractivity contribution in [2.75, 3.05) is 25.6 Å². The smallest absolute Gasteiger partial charge is 0.236 e. The molecule has 0 aromatic heterocycles. The van der Waals surface area contributed by atoms with E-state index in [1.807, 2.05) is 0 Å². The number of nitrogens with zero attached hydrogens (tertiary/aromatic N) is 1. The Morgan fingerprint density at radius 2 is 1.94 bits per heavy atom. The zero-order valence-electron chi connectivity index (χ0n) is 20.3. The second-order valence-electron chi connectivity index (χ2n) is 10.6. The summed E-state index contributed by atoms with van der Waals surface area (Å²) in [6.07, 6.45) is 7.05. The van der Waals surface area contributed by atoms with E-state index < -0.39 is 11.2 Å². The molecule has 0 amide bonds. The first-order valence-electron chi connectivity index (χ1n) is 12.3. The van der Waals surface area contributed by atoms with Gasteiger partial charge in [-0.25, -0.2) is 0 Å². The van der Waals surface area contributed by atoms with Crippen LogP contribution in [0.2, 0.25) is 0 Å². The number of ether oxygens (including phenoxy) is 1. The van der Waals surface area contributed by atoms with E-state index >= 15 is 0 Å². The SMILES string of the molecule is CC#C[C@@]1(O)OCC[C@H]2[C@@H]3CC=C4CC(=O)CCC4=C3[C@H](c3ccc(N(C)C)cc3)C[C@@]21C. The highest BCUT2D eigenvalue weighted by atomic mass is 16.6. The van der Waals surface area contributed by atoms with Gasteiger partial charge in [-0.15, -0.1) is 5.92 Å². The Hall–Kier alpha value is -2.35. The number of rotatable bonds is 2. The van der Waals surface area contributed by atoms with Crippen molar-refractivity contribution in [3.63, 3.8) is 0 Å². The molecule has 1 N–H and O–H groups in total. The quantitative estimate of drug-likeness (QED) is 0.652. The molecule has 3 aliphatic carbocycles. The Morgan fingerprint density at radius 1 is 1.18 bits per heavy atom. The van der Waals surface area contributed by atoms with Gasteiger partial charge in [-0.3, -0.25) is 4.79 Å². The van der Waals surface area contributed by atoms with Crippen LogP contribution in [0.15, 0.2) is 47.1 Å². The topological polar surface area (TPSA) is 49.8 Å². The third-order valence-electron chi connectivity index (χ3n) is 8.72. The molecule has 1 aliphatic heterocycles. The summed E-state index contributed by atoms with van der Waals surface area (Å²) in [6, 6.07) is 8.86. The number of hydrogen-bond acceptors (Lipinski definition) is 4. The maximum Gasteiger partial charge on any atom is 0.236 e. The molecule has 0 spiro atoms. The molecule has 5 atom stereocenters. The predicted molar refractivity (Wildman–Crippen MR) is 131 cm³/mol. The number of aliphatic hydroxyl groups is 1. The van der Waals surface area contributed by atoms with Crippen molar-refractivity contribution in [2.24, 2.45) is 17.3 Å². The molecule has 33 heavy (non-hydrogen) atoms. The number of fused-ring (bicyclic) bond motifs is 4. The van der Waals surface area contributed by atoms with Gasteiger partial charge in [0.15, 0.2) is 0 Å². The first-order valence-corrected chi connectivity index (χ1v) is 12.3. The maximum atomic E-state index is 12.2. The van der Waals surface area contributed by atoms with Crippen molar-refractivity contribution in [2.45, 2.75) is 64.1 Å². The van der Waals surface area contributed by atoms with E-state index in [-0.39, 0.29) is 5.92 Å². The lowest BCUT2D eigenvalue weighted by Crippen LogP contribution is -2.60. The van der Waals surface area contributed by atoms with Crippen LogP contribution in [-0.2, 0) is 9.53 Å². The Balaban J connectivity index is 1.66. The number of benzene rings is 1. The van der Waals surface area contributed by atoms with Crippen molar-refractivity contribution in [3.8, 4) is 11.8 Å². The van der Waals surface area contributed by atoms with Gasteiger partial charge < -0.3 is 14.7 Å². The lowest BCUT2D eigenvalue weighted by molar-refractivity contribution is -0.285. The van der Waals surface area contributed by atoms with Gasteiger partial charge >= 0.3 is 0 Å². The molecule has 0 radical (unpaired) electrons. The zero-order chi connectivity index (χ0) is 23.4. The van der Waals surface area contributed by atoms with Crippen LogP contribution in [0.25, 0.3) is 0 Å². The van der Waals surface area contributed by atoms with Gasteiger partial charge in [0.25, 0.3) is 0 Å².